The van der Waals surface area contributed by atoms with Gasteiger partial charge in [0.1, 0.15) is 5.60 Å². The van der Waals surface area contributed by atoms with Crippen molar-refractivity contribution in [2.75, 3.05) is 20.3 Å². The molecule has 0 bridgehead atoms. The Morgan fingerprint density at radius 3 is 3.10 bits per heavy atom. The molecular weight excluding hydrogens is 286 g/mol. The third kappa shape index (κ3) is 4.07. The van der Waals surface area contributed by atoms with Crippen molar-refractivity contribution in [2.45, 2.75) is 38.3 Å². The van der Waals surface area contributed by atoms with Crippen LogP contribution >= 0.6 is 11.3 Å². The van der Waals surface area contributed by atoms with Crippen molar-refractivity contribution in [2.24, 2.45) is 0 Å². The zero-order valence-corrected chi connectivity index (χ0v) is 13.3. The van der Waals surface area contributed by atoms with Crippen LogP contribution in [0.3, 0.4) is 0 Å². The predicted octanol–water partition coefficient (Wildman–Crippen LogP) is 2.01. The van der Waals surface area contributed by atoms with Crippen LogP contribution in [0.2, 0.25) is 0 Å². The van der Waals surface area contributed by atoms with Gasteiger partial charge in [0.05, 0.1) is 11.5 Å². The molecule has 1 aromatic heterocycles. The molecule has 1 saturated heterocycles. The summed E-state index contributed by atoms with van der Waals surface area (Å²) in [4.78, 5) is 15.1. The Balaban J connectivity index is 1.95. The number of aliphatic hydroxyl groups is 1. The van der Waals surface area contributed by atoms with Gasteiger partial charge in [-0.25, -0.2) is 0 Å². The lowest BCUT2D eigenvalue weighted by Crippen LogP contribution is -2.44. The summed E-state index contributed by atoms with van der Waals surface area (Å²) in [7, 11) is 1.81. The van der Waals surface area contributed by atoms with E-state index in [0.717, 1.165) is 23.3 Å². The fourth-order valence-corrected chi connectivity index (χ4v) is 3.20. The number of thiophene rings is 1. The van der Waals surface area contributed by atoms with Crippen molar-refractivity contribution >= 4 is 17.2 Å². The minimum atomic E-state index is -0.658. The molecule has 114 valence electrons. The first-order valence-corrected chi connectivity index (χ1v) is 8.00. The average Bonchev–Trinajstić information content (AvgIpc) is 3.08. The molecule has 1 fully saturated rings. The highest BCUT2D eigenvalue weighted by Crippen LogP contribution is 2.27. The minimum Gasteiger partial charge on any atom is -0.395 e. The lowest BCUT2D eigenvalue weighted by atomic mass is 10.0. The van der Waals surface area contributed by atoms with Crippen molar-refractivity contribution in [1.82, 2.24) is 4.90 Å². The summed E-state index contributed by atoms with van der Waals surface area (Å²) in [6.07, 6.45) is 2.22. The van der Waals surface area contributed by atoms with Crippen LogP contribution in [-0.2, 0) is 16.1 Å². The topological polar surface area (TPSA) is 49.8 Å². The molecule has 1 amide bonds. The molecule has 1 aliphatic heterocycles. The van der Waals surface area contributed by atoms with Crippen molar-refractivity contribution in [3.63, 3.8) is 0 Å². The summed E-state index contributed by atoms with van der Waals surface area (Å²) in [5, 5.41) is 10.7. The fourth-order valence-electron chi connectivity index (χ4n) is 2.43. The van der Waals surface area contributed by atoms with Gasteiger partial charge in [0, 0.05) is 26.6 Å². The monoisotopic (exact) mass is 307 g/mol. The van der Waals surface area contributed by atoms with Gasteiger partial charge >= 0.3 is 0 Å². The van der Waals surface area contributed by atoms with Gasteiger partial charge in [-0.05, 0) is 36.8 Å². The van der Waals surface area contributed by atoms with Gasteiger partial charge < -0.3 is 14.7 Å². The molecule has 0 saturated carbocycles. The van der Waals surface area contributed by atoms with Crippen LogP contribution < -0.4 is 0 Å². The van der Waals surface area contributed by atoms with Crippen LogP contribution in [0.4, 0.5) is 0 Å². The second-order valence-electron chi connectivity index (χ2n) is 5.44. The molecule has 0 spiro atoms. The summed E-state index contributed by atoms with van der Waals surface area (Å²) >= 11 is 1.56. The number of nitrogens with zero attached hydrogens (tertiary/aromatic N) is 1. The fraction of sp³-hybridized carbons (Fsp3) is 0.562. The Labute approximate surface area is 129 Å². The van der Waals surface area contributed by atoms with Crippen LogP contribution in [0.5, 0.6) is 0 Å². The average molecular weight is 307 g/mol. The van der Waals surface area contributed by atoms with E-state index in [9.17, 15) is 4.79 Å². The van der Waals surface area contributed by atoms with Crippen molar-refractivity contribution < 1.29 is 14.6 Å². The maximum absolute atomic E-state index is 12.4. The second kappa shape index (κ2) is 7.08. The highest BCUT2D eigenvalue weighted by molar-refractivity contribution is 7.10. The smallest absolute Gasteiger partial charge is 0.254 e. The standard InChI is InChI=1S/C16H21NO3S/c1-16(7-5-9-20-16)15(19)17(2)11-13-10-14(21-12-13)6-3-4-8-18/h10,12,18H,4-5,7-9,11H2,1-2H3. The molecule has 1 aromatic rings. The Morgan fingerprint density at radius 1 is 1.62 bits per heavy atom. The molecule has 1 unspecified atom stereocenters. The zero-order valence-electron chi connectivity index (χ0n) is 12.5. The SMILES string of the molecule is CN(Cc1csc(C#CCCO)c1)C(=O)C1(C)CCCO1. The first-order valence-electron chi connectivity index (χ1n) is 7.12. The number of likely N-dealkylation sites (N-methyl/N-ethyl adjacent to an activating group) is 1. The van der Waals surface area contributed by atoms with Crippen molar-refractivity contribution in [3.8, 4) is 11.8 Å². The van der Waals surface area contributed by atoms with E-state index < -0.39 is 5.60 Å². The van der Waals surface area contributed by atoms with Gasteiger partial charge in [-0.1, -0.05) is 11.8 Å². The molecule has 5 heteroatoms. The highest BCUT2D eigenvalue weighted by atomic mass is 32.1. The van der Waals surface area contributed by atoms with E-state index in [1.165, 1.54) is 0 Å². The molecule has 4 nitrogen and oxygen atoms in total. The van der Waals surface area contributed by atoms with Crippen LogP contribution in [0, 0.1) is 11.8 Å². The molecule has 21 heavy (non-hydrogen) atoms. The maximum atomic E-state index is 12.4. The summed E-state index contributed by atoms with van der Waals surface area (Å²) in [5.74, 6) is 5.95. The number of aliphatic hydroxyl groups excluding tert-OH is 1. The van der Waals surface area contributed by atoms with E-state index in [2.05, 4.69) is 11.8 Å². The minimum absolute atomic E-state index is 0.0408. The normalized spacial score (nSPS) is 20.9. The van der Waals surface area contributed by atoms with Gasteiger partial charge in [0.2, 0.25) is 0 Å². The molecular formula is C16H21NO3S. The number of carbonyl (C=O) groups excluding carboxylic acids is 1. The summed E-state index contributed by atoms with van der Waals surface area (Å²) in [6.45, 7) is 3.19. The summed E-state index contributed by atoms with van der Waals surface area (Å²) in [6, 6.07) is 2.00. The first-order chi connectivity index (χ1) is 10.0. The van der Waals surface area contributed by atoms with Crippen molar-refractivity contribution in [1.29, 1.82) is 0 Å². The molecule has 1 atom stereocenters. The van der Waals surface area contributed by atoms with Crippen LogP contribution in [-0.4, -0.2) is 41.8 Å². The Hall–Kier alpha value is -1.35. The quantitative estimate of drug-likeness (QED) is 0.866. The second-order valence-corrected chi connectivity index (χ2v) is 6.35. The van der Waals surface area contributed by atoms with E-state index in [1.807, 2.05) is 25.4 Å². The lowest BCUT2D eigenvalue weighted by Gasteiger charge is -2.28. The van der Waals surface area contributed by atoms with Gasteiger partial charge in [0.15, 0.2) is 0 Å². The number of amides is 1. The Morgan fingerprint density at radius 2 is 2.43 bits per heavy atom. The lowest BCUT2D eigenvalue weighted by molar-refractivity contribution is -0.150. The van der Waals surface area contributed by atoms with Crippen molar-refractivity contribution in [3.05, 3.63) is 21.9 Å². The van der Waals surface area contributed by atoms with Gasteiger partial charge in [0.25, 0.3) is 5.91 Å². The van der Waals surface area contributed by atoms with E-state index >= 15 is 0 Å². The third-order valence-electron chi connectivity index (χ3n) is 3.54. The summed E-state index contributed by atoms with van der Waals surface area (Å²) < 4.78 is 5.60. The largest absolute Gasteiger partial charge is 0.395 e. The molecule has 2 rings (SSSR count). The first kappa shape index (κ1) is 16.0. The molecule has 0 aliphatic carbocycles. The van der Waals surface area contributed by atoms with Crippen LogP contribution in [0.25, 0.3) is 0 Å². The molecule has 2 heterocycles. The number of rotatable bonds is 4. The van der Waals surface area contributed by atoms with Gasteiger partial charge in [-0.3, -0.25) is 4.79 Å². The van der Waals surface area contributed by atoms with Crippen LogP contribution in [0.15, 0.2) is 11.4 Å². The molecule has 0 radical (unpaired) electrons. The summed E-state index contributed by atoms with van der Waals surface area (Å²) in [5.41, 5.74) is 0.417. The zero-order chi connectivity index (χ0) is 15.3. The third-order valence-corrected chi connectivity index (χ3v) is 4.43. The number of ether oxygens (including phenoxy) is 1. The van der Waals surface area contributed by atoms with E-state index in [1.54, 1.807) is 16.2 Å². The molecule has 1 N–H and O–H groups in total. The van der Waals surface area contributed by atoms with Gasteiger partial charge in [-0.15, -0.1) is 11.3 Å². The van der Waals surface area contributed by atoms with E-state index in [4.69, 9.17) is 9.84 Å². The van der Waals surface area contributed by atoms with E-state index in [0.29, 0.717) is 19.6 Å². The number of carbonyl (C=O) groups is 1. The van der Waals surface area contributed by atoms with Crippen LogP contribution in [0.1, 0.15) is 36.6 Å². The Kier molecular flexibility index (Phi) is 5.40. The Bertz CT molecular complexity index is 549. The predicted molar refractivity (Wildman–Crippen MR) is 83.0 cm³/mol. The van der Waals surface area contributed by atoms with Gasteiger partial charge in [-0.2, -0.15) is 0 Å². The number of hydrogen-bond acceptors (Lipinski definition) is 4. The number of hydrogen-bond donors (Lipinski definition) is 1. The maximum Gasteiger partial charge on any atom is 0.254 e. The molecule has 1 aliphatic rings. The molecule has 0 aromatic carbocycles. The van der Waals surface area contributed by atoms with E-state index in [-0.39, 0.29) is 12.5 Å². The highest BCUT2D eigenvalue weighted by Gasteiger charge is 2.39.